The van der Waals surface area contributed by atoms with Gasteiger partial charge in [-0.1, -0.05) is 48.0 Å². The lowest BCUT2D eigenvalue weighted by Gasteiger charge is -2.40. The quantitative estimate of drug-likeness (QED) is 0.242. The number of hydrogen-bond acceptors (Lipinski definition) is 3. The smallest absolute Gasteiger partial charge is 0.161 e. The summed E-state index contributed by atoms with van der Waals surface area (Å²) in [6.45, 7) is 2.50. The van der Waals surface area contributed by atoms with Gasteiger partial charge >= 0.3 is 0 Å². The predicted molar refractivity (Wildman–Crippen MR) is 277 cm³/mol. The molecule has 5 heteroatoms. The average Bonchev–Trinajstić information content (AvgIpc) is 3.73. The Labute approximate surface area is 416 Å². The number of nitrogens with zero attached hydrogens (tertiary/aromatic N) is 1. The molecule has 2 aliphatic heterocycles. The summed E-state index contributed by atoms with van der Waals surface area (Å²) in [4.78, 5) is 6.18. The minimum atomic E-state index is 0.345. The summed E-state index contributed by atoms with van der Waals surface area (Å²) in [6.07, 6.45) is 11.9. The fourth-order valence-electron chi connectivity index (χ4n) is 6.32. The van der Waals surface area contributed by atoms with Crippen LogP contribution in [0.15, 0.2) is 60.7 Å². The maximum absolute atomic E-state index is 6.23. The van der Waals surface area contributed by atoms with Crippen LogP contribution in [-0.2, 0) is 26.0 Å². The first kappa shape index (κ1) is 49.7. The van der Waals surface area contributed by atoms with E-state index in [1.807, 2.05) is 30.3 Å². The molecule has 0 bridgehead atoms. The van der Waals surface area contributed by atoms with Crippen molar-refractivity contribution in [2.75, 3.05) is 13.7 Å². The van der Waals surface area contributed by atoms with E-state index < -0.39 is 0 Å². The van der Waals surface area contributed by atoms with Crippen molar-refractivity contribution in [1.82, 2.24) is 9.88 Å². The topological polar surface area (TPSA) is 37.5 Å². The third-order valence-corrected chi connectivity index (χ3v) is 9.29. The number of methoxy groups -OCH3 is 1. The normalized spacial score (nSPS) is 10.1. The number of benzene rings is 3. The zero-order valence-corrected chi connectivity index (χ0v) is 37.9. The van der Waals surface area contributed by atoms with Gasteiger partial charge in [-0.2, -0.15) is 0 Å². The molecular formula is C65H27ClN2O2. The van der Waals surface area contributed by atoms with Gasteiger partial charge in [-0.25, -0.2) is 0 Å². The van der Waals surface area contributed by atoms with Crippen LogP contribution in [0.2, 0.25) is 5.02 Å². The van der Waals surface area contributed by atoms with Crippen LogP contribution in [0, 0.1) is 226 Å². The number of ether oxygens (including phenoxy) is 2. The molecule has 0 spiro atoms. The molecule has 70 heavy (non-hydrogen) atoms. The lowest BCUT2D eigenvalue weighted by atomic mass is 9.85. The van der Waals surface area contributed by atoms with E-state index in [0.29, 0.717) is 12.6 Å². The fourth-order valence-corrected chi connectivity index (χ4v) is 6.49. The highest BCUT2D eigenvalue weighted by atomic mass is 35.5. The largest absolute Gasteiger partial charge is 0.493 e. The standard InChI is InChI=1S/C38H2.C27H25ClN2O2/c1-3-5-7-9-11-13-15-17-19-21-23-25-27-29-31-33-35-37-38-36-34-32-30-28-26-24-22-20-18-16-14-12-10-8-6-4-2;1-31-26-14-21-18(11-27(26)32-16-17-5-3-2-4-6-17)9-10-30-15-24-22(13-25(21)30)20-8-7-19(28)12-23(20)29-24/h1-2H;2-8,11-12,14,25,29H,9-10,13,15-16H2,1H3. The third kappa shape index (κ3) is 17.3. The maximum Gasteiger partial charge on any atom is 0.161 e. The number of aromatic nitrogens is 1. The number of H-pyrrole nitrogens is 1. The van der Waals surface area contributed by atoms with Gasteiger partial charge in [-0.15, -0.1) is 12.8 Å². The zero-order valence-electron chi connectivity index (χ0n) is 37.2. The van der Waals surface area contributed by atoms with E-state index >= 15 is 0 Å². The molecular weight excluding hydrogens is 876 g/mol. The Morgan fingerprint density at radius 3 is 1.43 bits per heavy atom. The molecule has 4 aromatic rings. The van der Waals surface area contributed by atoms with Gasteiger partial charge in [0.1, 0.15) is 6.61 Å². The molecule has 1 aromatic heterocycles. The van der Waals surface area contributed by atoms with Gasteiger partial charge in [0.05, 0.1) is 7.11 Å². The number of terminal acetylenes is 2. The van der Waals surface area contributed by atoms with Gasteiger partial charge in [0.25, 0.3) is 0 Å². The van der Waals surface area contributed by atoms with E-state index in [0.717, 1.165) is 53.5 Å². The predicted octanol–water partition coefficient (Wildman–Crippen LogP) is 6.38. The number of rotatable bonds is 4. The Balaban J connectivity index is 0.000000263. The Hall–Kier alpha value is -11.3. The second-order valence-corrected chi connectivity index (χ2v) is 13.7. The van der Waals surface area contributed by atoms with Crippen LogP contribution in [0.4, 0.5) is 0 Å². The number of aromatic amines is 1. The molecule has 3 heterocycles. The molecule has 4 nitrogen and oxygen atoms in total. The van der Waals surface area contributed by atoms with Gasteiger partial charge in [-0.05, 0) is 154 Å². The van der Waals surface area contributed by atoms with Crippen molar-refractivity contribution in [1.29, 1.82) is 0 Å². The Morgan fingerprint density at radius 2 is 1.00 bits per heavy atom. The summed E-state index contributed by atoms with van der Waals surface area (Å²) in [5.41, 5.74) is 7.73. The lowest BCUT2D eigenvalue weighted by Crippen LogP contribution is -2.39. The minimum Gasteiger partial charge on any atom is -0.493 e. The molecule has 2 aliphatic rings. The molecule has 316 valence electrons. The van der Waals surface area contributed by atoms with Gasteiger partial charge in [0.2, 0.25) is 0 Å². The van der Waals surface area contributed by atoms with E-state index in [2.05, 4.69) is 253 Å². The first-order chi connectivity index (χ1) is 34.6. The summed E-state index contributed by atoms with van der Waals surface area (Å²) in [5, 5.41) is 2.05. The van der Waals surface area contributed by atoms with E-state index in [-0.39, 0.29) is 0 Å². The molecule has 0 aliphatic carbocycles. The second-order valence-electron chi connectivity index (χ2n) is 13.2. The van der Waals surface area contributed by atoms with Crippen LogP contribution >= 0.6 is 11.6 Å². The summed E-state index contributed by atoms with van der Waals surface area (Å²) in [5.74, 6) is 89.8. The molecule has 6 rings (SSSR count). The van der Waals surface area contributed by atoms with Gasteiger partial charge in [0, 0.05) is 159 Å². The molecule has 0 amide bonds. The van der Waals surface area contributed by atoms with E-state index in [4.69, 9.17) is 33.9 Å². The Morgan fingerprint density at radius 1 is 0.557 bits per heavy atom. The molecule has 0 saturated carbocycles. The number of nitrogens with one attached hydrogen (secondary N) is 1. The van der Waals surface area contributed by atoms with Gasteiger partial charge < -0.3 is 14.5 Å². The zero-order chi connectivity index (χ0) is 49.1. The van der Waals surface area contributed by atoms with Crippen molar-refractivity contribution in [3.63, 3.8) is 0 Å². The Kier molecular flexibility index (Phi) is 21.3. The molecule has 1 atom stereocenters. The lowest BCUT2D eigenvalue weighted by molar-refractivity contribution is 0.158. The monoisotopic (exact) mass is 902 g/mol. The number of halogens is 1. The maximum atomic E-state index is 6.23. The molecule has 1 unspecified atom stereocenters. The van der Waals surface area contributed by atoms with E-state index in [9.17, 15) is 0 Å². The highest BCUT2D eigenvalue weighted by Crippen LogP contribution is 2.44. The summed E-state index contributed by atoms with van der Waals surface area (Å²) < 4.78 is 11.9. The van der Waals surface area contributed by atoms with Crippen molar-refractivity contribution in [2.45, 2.75) is 32.0 Å². The Bertz CT molecular complexity index is 3820. The van der Waals surface area contributed by atoms with Crippen LogP contribution < -0.4 is 9.47 Å². The van der Waals surface area contributed by atoms with Gasteiger partial charge in [0.15, 0.2) is 11.5 Å². The van der Waals surface area contributed by atoms with Crippen LogP contribution in [0.25, 0.3) is 10.9 Å². The number of fused-ring (bicyclic) bond motifs is 6. The summed E-state index contributed by atoms with van der Waals surface area (Å²) in [7, 11) is 1.72. The van der Waals surface area contributed by atoms with Crippen LogP contribution in [-0.4, -0.2) is 23.5 Å². The van der Waals surface area contributed by atoms with Crippen LogP contribution in [0.1, 0.15) is 34.0 Å². The first-order valence-electron chi connectivity index (χ1n) is 20.4. The summed E-state index contributed by atoms with van der Waals surface area (Å²) in [6, 6.07) is 21.1. The number of hydrogen-bond donors (Lipinski definition) is 1. The van der Waals surface area contributed by atoms with Crippen molar-refractivity contribution < 1.29 is 9.47 Å². The molecule has 0 radical (unpaired) electrons. The molecule has 0 fully saturated rings. The van der Waals surface area contributed by atoms with Crippen molar-refractivity contribution in [3.05, 3.63) is 93.6 Å². The first-order valence-corrected chi connectivity index (χ1v) is 20.8. The second kappa shape index (κ2) is 29.9. The van der Waals surface area contributed by atoms with E-state index in [1.54, 1.807) is 7.11 Å². The van der Waals surface area contributed by atoms with E-state index in [1.165, 1.54) is 27.8 Å². The third-order valence-electron chi connectivity index (χ3n) is 9.05. The van der Waals surface area contributed by atoms with Crippen LogP contribution in [0.3, 0.4) is 0 Å². The average molecular weight is 903 g/mol. The van der Waals surface area contributed by atoms with Crippen molar-refractivity contribution in [2.24, 2.45) is 0 Å². The molecule has 3 aromatic carbocycles. The van der Waals surface area contributed by atoms with Crippen LogP contribution in [0.5, 0.6) is 11.5 Å². The minimum absolute atomic E-state index is 0.345. The highest BCUT2D eigenvalue weighted by Gasteiger charge is 2.34. The van der Waals surface area contributed by atoms with Crippen molar-refractivity contribution in [3.8, 4) is 237 Å². The highest BCUT2D eigenvalue weighted by molar-refractivity contribution is 6.31. The molecule has 0 saturated heterocycles. The summed E-state index contributed by atoms with van der Waals surface area (Å²) >= 11 is 6.23. The van der Waals surface area contributed by atoms with Gasteiger partial charge in [-0.3, -0.25) is 4.90 Å². The molecule has 1 N–H and O–H groups in total. The SMILES string of the molecule is C#CC#CC#CC#CC#CC#CC#CC#CC#CC#CC#CC#CC#CC#CC#CC#CC#CC#CC#C.COc1cc2c(cc1OCc1ccccc1)CCN1Cc3[nH]c4cc(Cl)ccc4c3CC21. The van der Waals surface area contributed by atoms with Crippen molar-refractivity contribution >= 4 is 22.5 Å². The fraction of sp³-hybridized carbons (Fsp3) is 0.108.